The first-order valence-electron chi connectivity index (χ1n) is 8.26. The van der Waals surface area contributed by atoms with Gasteiger partial charge in [0.15, 0.2) is 17.5 Å². The first-order chi connectivity index (χ1) is 13.2. The Kier molecular flexibility index (Phi) is 4.65. The van der Waals surface area contributed by atoms with E-state index in [9.17, 15) is 10.0 Å². The van der Waals surface area contributed by atoms with E-state index in [1.807, 2.05) is 36.4 Å². The van der Waals surface area contributed by atoms with E-state index in [0.29, 0.717) is 34.3 Å². The molecule has 2 N–H and O–H groups in total. The van der Waals surface area contributed by atoms with Crippen LogP contribution < -0.4 is 5.46 Å². The fourth-order valence-electron chi connectivity index (χ4n) is 2.53. The van der Waals surface area contributed by atoms with Crippen LogP contribution in [0.5, 0.6) is 0 Å². The van der Waals surface area contributed by atoms with Gasteiger partial charge in [-0.3, -0.25) is 9.97 Å². The van der Waals surface area contributed by atoms with Gasteiger partial charge in [0.25, 0.3) is 0 Å². The molecule has 0 saturated carbocycles. The highest BCUT2D eigenvalue weighted by Gasteiger charge is 2.15. The minimum absolute atomic E-state index is 0.391. The van der Waals surface area contributed by atoms with Crippen LogP contribution in [0.15, 0.2) is 73.1 Å². The molecular weight excluding hydrogens is 341 g/mol. The molecule has 0 amide bonds. The summed E-state index contributed by atoms with van der Waals surface area (Å²) in [4.78, 5) is 22.2. The maximum Gasteiger partial charge on any atom is 0.488 e. The largest absolute Gasteiger partial charge is 0.488 e. The number of nitrogens with zero attached hydrogens (tertiary/aromatic N) is 5. The normalized spacial score (nSPS) is 10.6. The van der Waals surface area contributed by atoms with Crippen LogP contribution in [0.2, 0.25) is 0 Å². The number of hydrogen-bond acceptors (Lipinski definition) is 7. The second kappa shape index (κ2) is 7.41. The summed E-state index contributed by atoms with van der Waals surface area (Å²) >= 11 is 0. The second-order valence-electron chi connectivity index (χ2n) is 5.73. The monoisotopic (exact) mass is 355 g/mol. The van der Waals surface area contributed by atoms with Gasteiger partial charge in [0.05, 0.1) is 0 Å². The van der Waals surface area contributed by atoms with Gasteiger partial charge >= 0.3 is 7.12 Å². The van der Waals surface area contributed by atoms with E-state index >= 15 is 0 Å². The van der Waals surface area contributed by atoms with Crippen LogP contribution in [0, 0.1) is 0 Å². The quantitative estimate of drug-likeness (QED) is 0.532. The molecule has 0 aliphatic heterocycles. The molecule has 1 aromatic carbocycles. The van der Waals surface area contributed by atoms with Crippen LogP contribution in [0.25, 0.3) is 34.4 Å². The van der Waals surface area contributed by atoms with E-state index < -0.39 is 7.12 Å². The number of benzene rings is 1. The molecule has 0 unspecified atom stereocenters. The summed E-state index contributed by atoms with van der Waals surface area (Å²) in [6.45, 7) is 0. The number of aromatic nitrogens is 5. The molecule has 27 heavy (non-hydrogen) atoms. The van der Waals surface area contributed by atoms with Crippen LogP contribution >= 0.6 is 0 Å². The van der Waals surface area contributed by atoms with Crippen molar-refractivity contribution in [1.29, 1.82) is 0 Å². The third-order valence-electron chi connectivity index (χ3n) is 3.89. The molecule has 4 rings (SSSR count). The van der Waals surface area contributed by atoms with Crippen molar-refractivity contribution in [3.05, 3.63) is 73.1 Å². The Balaban J connectivity index is 1.85. The van der Waals surface area contributed by atoms with E-state index in [2.05, 4.69) is 24.9 Å². The molecule has 3 heterocycles. The lowest BCUT2D eigenvalue weighted by molar-refractivity contribution is 0.426. The van der Waals surface area contributed by atoms with Crippen molar-refractivity contribution in [2.75, 3.05) is 0 Å². The molecular formula is C19H14BN5O2. The van der Waals surface area contributed by atoms with E-state index in [1.165, 1.54) is 0 Å². The molecule has 0 atom stereocenters. The highest BCUT2D eigenvalue weighted by atomic mass is 16.4. The summed E-state index contributed by atoms with van der Waals surface area (Å²) < 4.78 is 0. The van der Waals surface area contributed by atoms with E-state index in [-0.39, 0.29) is 0 Å². The Morgan fingerprint density at radius 2 is 1.11 bits per heavy atom. The van der Waals surface area contributed by atoms with Gasteiger partial charge in [0.2, 0.25) is 0 Å². The van der Waals surface area contributed by atoms with Gasteiger partial charge in [-0.1, -0.05) is 36.4 Å². The lowest BCUT2D eigenvalue weighted by Gasteiger charge is -2.08. The van der Waals surface area contributed by atoms with Gasteiger partial charge in [-0.15, -0.1) is 0 Å². The minimum atomic E-state index is -1.52. The molecule has 0 aliphatic carbocycles. The minimum Gasteiger partial charge on any atom is -0.423 e. The standard InChI is InChI=1S/C19H14BN5O2/c26-20(27)14-9-7-13(8-10-14)17-23-18(15-5-1-3-11-21-15)25-19(24-17)16-6-2-4-12-22-16/h1-12,26-27H. The predicted octanol–water partition coefficient (Wildman–Crippen LogP) is 1.34. The van der Waals surface area contributed by atoms with E-state index in [1.54, 1.807) is 36.7 Å². The third kappa shape index (κ3) is 3.71. The van der Waals surface area contributed by atoms with Gasteiger partial charge in [0, 0.05) is 18.0 Å². The molecule has 7 nitrogen and oxygen atoms in total. The fourth-order valence-corrected chi connectivity index (χ4v) is 2.53. The Morgan fingerprint density at radius 1 is 0.593 bits per heavy atom. The second-order valence-corrected chi connectivity index (χ2v) is 5.73. The molecule has 0 spiro atoms. The maximum atomic E-state index is 9.27. The average molecular weight is 355 g/mol. The zero-order valence-electron chi connectivity index (χ0n) is 14.1. The summed E-state index contributed by atoms with van der Waals surface area (Å²) in [6, 6.07) is 17.7. The fraction of sp³-hybridized carbons (Fsp3) is 0. The first kappa shape index (κ1) is 17.0. The van der Waals surface area contributed by atoms with Crippen molar-refractivity contribution in [2.45, 2.75) is 0 Å². The molecule has 3 aromatic heterocycles. The summed E-state index contributed by atoms with van der Waals surface area (Å²) in [6.07, 6.45) is 3.35. The Bertz CT molecular complexity index is 987. The third-order valence-corrected chi connectivity index (χ3v) is 3.89. The molecule has 0 bridgehead atoms. The molecule has 0 fully saturated rings. The highest BCUT2D eigenvalue weighted by molar-refractivity contribution is 6.58. The molecule has 0 aliphatic rings. The van der Waals surface area contributed by atoms with Crippen LogP contribution in [0.3, 0.4) is 0 Å². The summed E-state index contributed by atoms with van der Waals surface area (Å²) in [5.74, 6) is 1.32. The van der Waals surface area contributed by atoms with E-state index in [4.69, 9.17) is 0 Å². The lowest BCUT2D eigenvalue weighted by Crippen LogP contribution is -2.29. The SMILES string of the molecule is OB(O)c1ccc(-c2nc(-c3ccccn3)nc(-c3ccccn3)n2)cc1. The Morgan fingerprint density at radius 3 is 1.56 bits per heavy atom. The molecule has 0 radical (unpaired) electrons. The summed E-state index contributed by atoms with van der Waals surface area (Å²) in [5, 5.41) is 18.5. The molecule has 0 saturated heterocycles. The van der Waals surface area contributed by atoms with Crippen molar-refractivity contribution in [3.63, 3.8) is 0 Å². The predicted molar refractivity (Wildman–Crippen MR) is 102 cm³/mol. The number of rotatable bonds is 4. The van der Waals surface area contributed by atoms with Crippen LogP contribution in [0.4, 0.5) is 0 Å². The number of pyridine rings is 2. The van der Waals surface area contributed by atoms with Gasteiger partial charge in [0.1, 0.15) is 11.4 Å². The van der Waals surface area contributed by atoms with Crippen molar-refractivity contribution >= 4 is 12.6 Å². The van der Waals surface area contributed by atoms with Crippen molar-refractivity contribution in [1.82, 2.24) is 24.9 Å². The Labute approximate surface area is 155 Å². The Hall–Kier alpha value is -3.49. The molecule has 130 valence electrons. The molecule has 4 aromatic rings. The van der Waals surface area contributed by atoms with Crippen LogP contribution in [-0.2, 0) is 0 Å². The zero-order valence-corrected chi connectivity index (χ0v) is 14.1. The molecule has 8 heteroatoms. The highest BCUT2D eigenvalue weighted by Crippen LogP contribution is 2.22. The van der Waals surface area contributed by atoms with Crippen molar-refractivity contribution in [3.8, 4) is 34.4 Å². The van der Waals surface area contributed by atoms with Crippen LogP contribution in [0.1, 0.15) is 0 Å². The maximum absolute atomic E-state index is 9.27. The smallest absolute Gasteiger partial charge is 0.423 e. The van der Waals surface area contributed by atoms with E-state index in [0.717, 1.165) is 5.56 Å². The first-order valence-corrected chi connectivity index (χ1v) is 8.26. The summed E-state index contributed by atoms with van der Waals surface area (Å²) in [7, 11) is -1.52. The van der Waals surface area contributed by atoms with Gasteiger partial charge in [-0.25, -0.2) is 15.0 Å². The lowest BCUT2D eigenvalue weighted by atomic mass is 9.80. The average Bonchev–Trinajstić information content (AvgIpc) is 2.75. The van der Waals surface area contributed by atoms with Crippen molar-refractivity contribution < 1.29 is 10.0 Å². The van der Waals surface area contributed by atoms with Crippen LogP contribution in [-0.4, -0.2) is 42.1 Å². The van der Waals surface area contributed by atoms with Gasteiger partial charge in [-0.05, 0) is 29.7 Å². The van der Waals surface area contributed by atoms with Crippen molar-refractivity contribution in [2.24, 2.45) is 0 Å². The number of hydrogen-bond donors (Lipinski definition) is 2. The summed E-state index contributed by atoms with van der Waals surface area (Å²) in [5.41, 5.74) is 2.36. The van der Waals surface area contributed by atoms with Gasteiger partial charge in [-0.2, -0.15) is 0 Å². The topological polar surface area (TPSA) is 105 Å². The van der Waals surface area contributed by atoms with Gasteiger partial charge < -0.3 is 10.0 Å². The zero-order chi connectivity index (χ0) is 18.6.